The molecule has 2 heterocycles. The van der Waals surface area contributed by atoms with Crippen LogP contribution in [0.2, 0.25) is 5.15 Å². The van der Waals surface area contributed by atoms with E-state index in [0.29, 0.717) is 0 Å². The number of rotatable bonds is 3. The lowest BCUT2D eigenvalue weighted by Crippen LogP contribution is -2.53. The van der Waals surface area contributed by atoms with E-state index < -0.39 is 36.1 Å². The number of hydrogen-bond donors (Lipinski definition) is 2. The third-order valence-electron chi connectivity index (χ3n) is 4.41. The van der Waals surface area contributed by atoms with Crippen LogP contribution in [0, 0.1) is 11.8 Å². The average molecular weight is 381 g/mol. The molecule has 11 heteroatoms. The van der Waals surface area contributed by atoms with E-state index in [-0.39, 0.29) is 37.0 Å². The summed E-state index contributed by atoms with van der Waals surface area (Å²) in [5.74, 6) is -4.61. The molecule has 1 amide bonds. The van der Waals surface area contributed by atoms with Gasteiger partial charge in [0, 0.05) is 18.8 Å². The fourth-order valence-electron chi connectivity index (χ4n) is 3.16. The Morgan fingerprint density at radius 2 is 1.96 bits per heavy atom. The largest absolute Gasteiger partial charge is 0.391 e. The minimum atomic E-state index is -4.37. The molecule has 3 rings (SSSR count). The van der Waals surface area contributed by atoms with Gasteiger partial charge in [-0.3, -0.25) is 15.6 Å². The van der Waals surface area contributed by atoms with Crippen molar-refractivity contribution < 1.29 is 27.4 Å². The van der Waals surface area contributed by atoms with Gasteiger partial charge in [0.1, 0.15) is 0 Å². The zero-order valence-electron chi connectivity index (χ0n) is 13.0. The van der Waals surface area contributed by atoms with Crippen LogP contribution in [0.25, 0.3) is 0 Å². The highest BCUT2D eigenvalue weighted by molar-refractivity contribution is 6.31. The van der Waals surface area contributed by atoms with E-state index in [0.717, 1.165) is 0 Å². The van der Waals surface area contributed by atoms with Gasteiger partial charge in [0.05, 0.1) is 25.0 Å². The van der Waals surface area contributed by atoms with Gasteiger partial charge in [-0.25, -0.2) is 9.97 Å². The van der Waals surface area contributed by atoms with Gasteiger partial charge in [-0.05, 0) is 12.8 Å². The van der Waals surface area contributed by atoms with Crippen LogP contribution in [0.5, 0.6) is 0 Å². The van der Waals surface area contributed by atoms with Crippen LogP contribution in [0.15, 0.2) is 12.4 Å². The first-order chi connectivity index (χ1) is 11.8. The van der Waals surface area contributed by atoms with Gasteiger partial charge >= 0.3 is 6.18 Å². The topological polar surface area (TPSA) is 85.4 Å². The van der Waals surface area contributed by atoms with E-state index >= 15 is 0 Å². The molecule has 1 saturated carbocycles. The van der Waals surface area contributed by atoms with Gasteiger partial charge in [0.15, 0.2) is 16.8 Å². The summed E-state index contributed by atoms with van der Waals surface area (Å²) in [5, 5.41) is 0.0164. The second-order valence-electron chi connectivity index (χ2n) is 5.88. The van der Waals surface area contributed by atoms with Crippen molar-refractivity contribution in [2.24, 2.45) is 11.8 Å². The van der Waals surface area contributed by atoms with E-state index in [4.69, 9.17) is 21.1 Å². The van der Waals surface area contributed by atoms with Crippen LogP contribution in [0.1, 0.15) is 19.3 Å². The van der Waals surface area contributed by atoms with Crippen molar-refractivity contribution in [1.82, 2.24) is 15.4 Å². The van der Waals surface area contributed by atoms with Crippen molar-refractivity contribution in [3.05, 3.63) is 17.5 Å². The molecule has 1 saturated heterocycles. The van der Waals surface area contributed by atoms with E-state index in [1.807, 2.05) is 0 Å². The summed E-state index contributed by atoms with van der Waals surface area (Å²) in [4.78, 5) is 20.2. The number of aromatic nitrogens is 2. The number of alkyl halides is 3. The zero-order valence-corrected chi connectivity index (χ0v) is 13.7. The molecule has 0 bridgehead atoms. The molecule has 2 fully saturated rings. The number of carbonyl (C=O) groups is 1. The van der Waals surface area contributed by atoms with Gasteiger partial charge < -0.3 is 9.47 Å². The fourth-order valence-corrected chi connectivity index (χ4v) is 3.32. The second kappa shape index (κ2) is 6.93. The van der Waals surface area contributed by atoms with Crippen LogP contribution < -0.4 is 10.9 Å². The lowest BCUT2D eigenvalue weighted by molar-refractivity contribution is -0.248. The Bertz CT molecular complexity index is 640. The predicted octanol–water partition coefficient (Wildman–Crippen LogP) is 2.29. The van der Waals surface area contributed by atoms with Crippen LogP contribution >= 0.6 is 11.6 Å². The maximum absolute atomic E-state index is 13.1. The SMILES string of the molecule is O=C(NNc1nccnc1Cl)C1CC(C(F)(F)F)CCC12OCCO2. The van der Waals surface area contributed by atoms with Gasteiger partial charge in [0.2, 0.25) is 5.91 Å². The highest BCUT2D eigenvalue weighted by Gasteiger charge is 2.56. The molecular weight excluding hydrogens is 365 g/mol. The molecule has 138 valence electrons. The molecule has 0 aromatic carbocycles. The average Bonchev–Trinajstić information content (AvgIpc) is 3.02. The van der Waals surface area contributed by atoms with Gasteiger partial charge in [0.25, 0.3) is 0 Å². The molecule has 1 aromatic heterocycles. The van der Waals surface area contributed by atoms with Crippen LogP contribution in [-0.2, 0) is 14.3 Å². The van der Waals surface area contributed by atoms with Crippen molar-refractivity contribution >= 4 is 23.3 Å². The van der Waals surface area contributed by atoms with Crippen molar-refractivity contribution in [2.75, 3.05) is 18.6 Å². The number of anilines is 1. The Kier molecular flexibility index (Phi) is 5.03. The highest BCUT2D eigenvalue weighted by atomic mass is 35.5. The van der Waals surface area contributed by atoms with Crippen LogP contribution in [0.4, 0.5) is 19.0 Å². The third-order valence-corrected chi connectivity index (χ3v) is 4.68. The lowest BCUT2D eigenvalue weighted by atomic mass is 9.76. The Morgan fingerprint density at radius 3 is 2.60 bits per heavy atom. The standard InChI is InChI=1S/C14H16ClF3N4O3/c15-10-11(20-4-3-19-10)21-22-12(23)9-7-8(14(16,17)18)1-2-13(9)24-5-6-25-13/h3-4,8-9H,1-2,5-7H2,(H,20,21)(H,22,23). The number of halogens is 4. The summed E-state index contributed by atoms with van der Waals surface area (Å²) in [6.07, 6.45) is -2.21. The molecule has 0 radical (unpaired) electrons. The Balaban J connectivity index is 1.73. The molecule has 2 N–H and O–H groups in total. The molecule has 2 atom stereocenters. The number of nitrogens with one attached hydrogen (secondary N) is 2. The first kappa shape index (κ1) is 18.2. The fraction of sp³-hybridized carbons (Fsp3) is 0.643. The van der Waals surface area contributed by atoms with E-state index in [2.05, 4.69) is 20.8 Å². The lowest BCUT2D eigenvalue weighted by Gasteiger charge is -2.41. The van der Waals surface area contributed by atoms with Gasteiger partial charge in [-0.2, -0.15) is 13.2 Å². The highest BCUT2D eigenvalue weighted by Crippen LogP contribution is 2.47. The van der Waals surface area contributed by atoms with E-state index in [1.165, 1.54) is 12.4 Å². The summed E-state index contributed by atoms with van der Waals surface area (Å²) in [7, 11) is 0. The molecule has 1 aliphatic carbocycles. The molecule has 25 heavy (non-hydrogen) atoms. The predicted molar refractivity (Wildman–Crippen MR) is 80.3 cm³/mol. The first-order valence-electron chi connectivity index (χ1n) is 7.69. The second-order valence-corrected chi connectivity index (χ2v) is 6.24. The normalized spacial score (nSPS) is 25.8. The number of ether oxygens (including phenoxy) is 2. The van der Waals surface area contributed by atoms with E-state index in [1.54, 1.807) is 0 Å². The molecule has 7 nitrogen and oxygen atoms in total. The summed E-state index contributed by atoms with van der Waals surface area (Å²) in [6.45, 7) is 0.480. The molecule has 1 spiro atoms. The van der Waals surface area contributed by atoms with Crippen LogP contribution in [-0.4, -0.2) is 41.1 Å². The first-order valence-corrected chi connectivity index (χ1v) is 8.06. The Hall–Kier alpha value is -1.65. The molecule has 2 unspecified atom stereocenters. The zero-order chi connectivity index (χ0) is 18.1. The molecule has 1 aliphatic heterocycles. The maximum Gasteiger partial charge on any atom is 0.391 e. The Morgan fingerprint density at radius 1 is 1.28 bits per heavy atom. The van der Waals surface area contributed by atoms with Crippen LogP contribution in [0.3, 0.4) is 0 Å². The molecular formula is C14H16ClF3N4O3. The maximum atomic E-state index is 13.1. The van der Waals surface area contributed by atoms with Crippen molar-refractivity contribution in [3.63, 3.8) is 0 Å². The minimum absolute atomic E-state index is 0.00115. The number of hydrogen-bond acceptors (Lipinski definition) is 6. The number of hydrazine groups is 1. The third kappa shape index (κ3) is 3.80. The minimum Gasteiger partial charge on any atom is -0.347 e. The smallest absolute Gasteiger partial charge is 0.347 e. The number of nitrogens with zero attached hydrogens (tertiary/aromatic N) is 2. The molecule has 1 aromatic rings. The monoisotopic (exact) mass is 380 g/mol. The number of carbonyl (C=O) groups excluding carboxylic acids is 1. The number of amides is 1. The van der Waals surface area contributed by atoms with Crippen molar-refractivity contribution in [2.45, 2.75) is 31.2 Å². The van der Waals surface area contributed by atoms with E-state index in [9.17, 15) is 18.0 Å². The summed E-state index contributed by atoms with van der Waals surface area (Å²) >= 11 is 5.81. The molecule has 2 aliphatic rings. The Labute approximate surface area is 146 Å². The van der Waals surface area contributed by atoms with Crippen molar-refractivity contribution in [3.8, 4) is 0 Å². The summed E-state index contributed by atoms with van der Waals surface area (Å²) in [6, 6.07) is 0. The van der Waals surface area contributed by atoms with Gasteiger partial charge in [-0.15, -0.1) is 0 Å². The summed E-state index contributed by atoms with van der Waals surface area (Å²) < 4.78 is 50.3. The summed E-state index contributed by atoms with van der Waals surface area (Å²) in [5.41, 5.74) is 4.80. The quantitative estimate of drug-likeness (QED) is 0.783. The van der Waals surface area contributed by atoms with Crippen molar-refractivity contribution in [1.29, 1.82) is 0 Å². The van der Waals surface area contributed by atoms with Gasteiger partial charge in [-0.1, -0.05) is 11.6 Å².